The number of ether oxygens (including phenoxy) is 1. The predicted octanol–water partition coefficient (Wildman–Crippen LogP) is 1.95. The monoisotopic (exact) mass is 274 g/mol. The van der Waals surface area contributed by atoms with Crippen molar-refractivity contribution in [1.29, 1.82) is 0 Å². The summed E-state index contributed by atoms with van der Waals surface area (Å²) in [6.07, 6.45) is 3.29. The molecule has 20 heavy (non-hydrogen) atoms. The number of nitrogens with one attached hydrogen (secondary N) is 1. The Bertz CT molecular complexity index is 544. The molecule has 2 aromatic heterocycles. The minimum atomic E-state index is 0.249. The summed E-state index contributed by atoms with van der Waals surface area (Å²) in [4.78, 5) is 18.9. The molecule has 2 heterocycles. The van der Waals surface area contributed by atoms with Gasteiger partial charge in [-0.2, -0.15) is 15.0 Å². The second-order valence-corrected chi connectivity index (χ2v) is 3.95. The Hall–Kier alpha value is -2.44. The van der Waals surface area contributed by atoms with Gasteiger partial charge in [0, 0.05) is 26.3 Å². The van der Waals surface area contributed by atoms with E-state index in [0.717, 1.165) is 13.1 Å². The third-order valence-corrected chi connectivity index (χ3v) is 2.72. The number of anilines is 2. The van der Waals surface area contributed by atoms with Gasteiger partial charge >= 0.3 is 6.01 Å². The molecule has 0 bridgehead atoms. The van der Waals surface area contributed by atoms with Crippen LogP contribution in [0, 0.1) is 0 Å². The molecule has 2 aromatic rings. The molecule has 0 aromatic carbocycles. The highest BCUT2D eigenvalue weighted by Crippen LogP contribution is 2.20. The standard InChI is InChI=1S/C13H18N6O/c1-4-19(5-2)12-16-11(14-3)17-13(18-12)20-10-7-6-8-15-9-10/h6-9H,4-5H2,1-3H3,(H,14,16,17,18). The molecular formula is C13H18N6O. The zero-order valence-electron chi connectivity index (χ0n) is 11.9. The summed E-state index contributed by atoms with van der Waals surface area (Å²) in [5, 5.41) is 2.91. The van der Waals surface area contributed by atoms with Crippen molar-refractivity contribution in [2.24, 2.45) is 0 Å². The first-order valence-corrected chi connectivity index (χ1v) is 6.53. The Kier molecular flexibility index (Phi) is 4.65. The van der Waals surface area contributed by atoms with Crippen LogP contribution >= 0.6 is 0 Å². The quantitative estimate of drug-likeness (QED) is 0.862. The van der Waals surface area contributed by atoms with Crippen LogP contribution in [0.25, 0.3) is 0 Å². The van der Waals surface area contributed by atoms with E-state index in [-0.39, 0.29) is 6.01 Å². The van der Waals surface area contributed by atoms with Gasteiger partial charge in [-0.15, -0.1) is 0 Å². The fourth-order valence-corrected chi connectivity index (χ4v) is 1.66. The first-order chi connectivity index (χ1) is 9.76. The maximum atomic E-state index is 5.61. The molecule has 7 heteroatoms. The highest BCUT2D eigenvalue weighted by Gasteiger charge is 2.11. The molecule has 106 valence electrons. The van der Waals surface area contributed by atoms with Crippen molar-refractivity contribution in [3.05, 3.63) is 24.5 Å². The van der Waals surface area contributed by atoms with Gasteiger partial charge in [-0.25, -0.2) is 0 Å². The molecule has 0 saturated heterocycles. The van der Waals surface area contributed by atoms with Crippen molar-refractivity contribution in [3.63, 3.8) is 0 Å². The molecule has 0 amide bonds. The average molecular weight is 274 g/mol. The molecule has 0 unspecified atom stereocenters. The van der Waals surface area contributed by atoms with Crippen LogP contribution in [0.4, 0.5) is 11.9 Å². The number of aromatic nitrogens is 4. The minimum Gasteiger partial charge on any atom is -0.422 e. The lowest BCUT2D eigenvalue weighted by Gasteiger charge is -2.19. The molecule has 0 saturated carbocycles. The Morgan fingerprint density at radius 3 is 2.60 bits per heavy atom. The predicted molar refractivity (Wildman–Crippen MR) is 77.2 cm³/mol. The Morgan fingerprint density at radius 2 is 2.00 bits per heavy atom. The van der Waals surface area contributed by atoms with Crippen LogP contribution in [0.1, 0.15) is 13.8 Å². The summed E-state index contributed by atoms with van der Waals surface area (Å²) >= 11 is 0. The van der Waals surface area contributed by atoms with Crippen LogP contribution in [0.5, 0.6) is 11.8 Å². The van der Waals surface area contributed by atoms with Crippen LogP contribution < -0.4 is 15.0 Å². The molecule has 0 fully saturated rings. The maximum absolute atomic E-state index is 5.61. The summed E-state index contributed by atoms with van der Waals surface area (Å²) in [5.74, 6) is 1.65. The van der Waals surface area contributed by atoms with Crippen LogP contribution in [-0.4, -0.2) is 40.1 Å². The van der Waals surface area contributed by atoms with E-state index in [4.69, 9.17) is 4.74 Å². The number of nitrogens with zero attached hydrogens (tertiary/aromatic N) is 5. The van der Waals surface area contributed by atoms with E-state index in [1.807, 2.05) is 18.7 Å². The van der Waals surface area contributed by atoms with Gasteiger partial charge in [-0.3, -0.25) is 4.98 Å². The third-order valence-electron chi connectivity index (χ3n) is 2.72. The summed E-state index contributed by atoms with van der Waals surface area (Å²) in [5.41, 5.74) is 0. The first kappa shape index (κ1) is 14.0. The van der Waals surface area contributed by atoms with Gasteiger partial charge < -0.3 is 15.0 Å². The lowest BCUT2D eigenvalue weighted by Crippen LogP contribution is -2.25. The Morgan fingerprint density at radius 1 is 1.20 bits per heavy atom. The van der Waals surface area contributed by atoms with Crippen molar-refractivity contribution < 1.29 is 4.74 Å². The second-order valence-electron chi connectivity index (χ2n) is 3.95. The van der Waals surface area contributed by atoms with Gasteiger partial charge in [0.25, 0.3) is 0 Å². The first-order valence-electron chi connectivity index (χ1n) is 6.53. The molecule has 7 nitrogen and oxygen atoms in total. The van der Waals surface area contributed by atoms with Crippen LogP contribution in [0.15, 0.2) is 24.5 Å². The molecule has 0 aliphatic heterocycles. The number of hydrogen-bond donors (Lipinski definition) is 1. The maximum Gasteiger partial charge on any atom is 0.328 e. The zero-order chi connectivity index (χ0) is 14.4. The van der Waals surface area contributed by atoms with Gasteiger partial charge in [-0.05, 0) is 26.0 Å². The summed E-state index contributed by atoms with van der Waals surface area (Å²) in [6, 6.07) is 3.84. The van der Waals surface area contributed by atoms with E-state index in [2.05, 4.69) is 25.3 Å². The summed E-state index contributed by atoms with van der Waals surface area (Å²) in [7, 11) is 1.76. The molecule has 1 N–H and O–H groups in total. The fourth-order valence-electron chi connectivity index (χ4n) is 1.66. The van der Waals surface area contributed by atoms with E-state index in [9.17, 15) is 0 Å². The smallest absolute Gasteiger partial charge is 0.328 e. The minimum absolute atomic E-state index is 0.249. The van der Waals surface area contributed by atoms with Gasteiger partial charge in [0.1, 0.15) is 5.75 Å². The van der Waals surface area contributed by atoms with Crippen molar-refractivity contribution >= 4 is 11.9 Å². The van der Waals surface area contributed by atoms with E-state index in [1.165, 1.54) is 0 Å². The Labute approximate surface area is 118 Å². The largest absolute Gasteiger partial charge is 0.422 e. The van der Waals surface area contributed by atoms with Gasteiger partial charge in [0.05, 0.1) is 6.20 Å². The van der Waals surface area contributed by atoms with Crippen molar-refractivity contribution in [2.45, 2.75) is 13.8 Å². The number of pyridine rings is 1. The number of hydrogen-bond acceptors (Lipinski definition) is 7. The van der Waals surface area contributed by atoms with Gasteiger partial charge in [0.2, 0.25) is 11.9 Å². The van der Waals surface area contributed by atoms with Crippen molar-refractivity contribution in [3.8, 4) is 11.8 Å². The molecule has 0 atom stereocenters. The molecule has 0 aliphatic carbocycles. The normalized spacial score (nSPS) is 10.2. The van der Waals surface area contributed by atoms with Crippen LogP contribution in [0.2, 0.25) is 0 Å². The molecule has 0 aliphatic rings. The summed E-state index contributed by atoms with van der Waals surface area (Å²) in [6.45, 7) is 5.73. The van der Waals surface area contributed by atoms with Gasteiger partial charge in [0.15, 0.2) is 0 Å². The SMILES string of the molecule is CCN(CC)c1nc(NC)nc(Oc2cccnc2)n1. The second kappa shape index (κ2) is 6.65. The lowest BCUT2D eigenvalue weighted by molar-refractivity contribution is 0.438. The van der Waals surface area contributed by atoms with Crippen molar-refractivity contribution in [1.82, 2.24) is 19.9 Å². The van der Waals surface area contributed by atoms with Crippen LogP contribution in [-0.2, 0) is 0 Å². The van der Waals surface area contributed by atoms with Crippen LogP contribution in [0.3, 0.4) is 0 Å². The third kappa shape index (κ3) is 3.31. The van der Waals surface area contributed by atoms with E-state index in [1.54, 1.807) is 31.6 Å². The van der Waals surface area contributed by atoms with E-state index < -0.39 is 0 Å². The van der Waals surface area contributed by atoms with E-state index in [0.29, 0.717) is 17.6 Å². The zero-order valence-corrected chi connectivity index (χ0v) is 11.9. The Balaban J connectivity index is 2.30. The van der Waals surface area contributed by atoms with E-state index >= 15 is 0 Å². The molecule has 2 rings (SSSR count). The highest BCUT2D eigenvalue weighted by molar-refractivity contribution is 5.38. The topological polar surface area (TPSA) is 76.1 Å². The molecule has 0 spiro atoms. The van der Waals surface area contributed by atoms with Crippen molar-refractivity contribution in [2.75, 3.05) is 30.4 Å². The van der Waals surface area contributed by atoms with Gasteiger partial charge in [-0.1, -0.05) is 0 Å². The summed E-state index contributed by atoms with van der Waals surface area (Å²) < 4.78 is 5.61. The average Bonchev–Trinajstić information content (AvgIpc) is 2.49. The molecular weight excluding hydrogens is 256 g/mol. The highest BCUT2D eigenvalue weighted by atomic mass is 16.5. The lowest BCUT2D eigenvalue weighted by atomic mass is 10.5. The molecule has 0 radical (unpaired) electrons. The number of rotatable bonds is 6. The fraction of sp³-hybridized carbons (Fsp3) is 0.385.